The molecule has 78 valence electrons. The lowest BCUT2D eigenvalue weighted by Crippen LogP contribution is -1.90. The van der Waals surface area contributed by atoms with Crippen molar-refractivity contribution in [3.63, 3.8) is 0 Å². The molecule has 0 saturated heterocycles. The molecule has 1 saturated carbocycles. The zero-order valence-corrected chi connectivity index (χ0v) is 9.29. The number of unbranched alkanes of at least 4 members (excludes halogenated alkanes) is 2. The van der Waals surface area contributed by atoms with E-state index in [0.717, 1.165) is 6.42 Å². The molecule has 1 fully saturated rings. The fourth-order valence-electron chi connectivity index (χ4n) is 1.87. The molecule has 1 aliphatic carbocycles. The predicted octanol–water partition coefficient (Wildman–Crippen LogP) is 3.09. The molecule has 0 amide bonds. The summed E-state index contributed by atoms with van der Waals surface area (Å²) in [4.78, 5) is 14.0. The molecular formula is C12H19NO. The smallest absolute Gasteiger partial charge is 0.211 e. The Bertz CT molecular complexity index is 261. The molecule has 2 atom stereocenters. The van der Waals surface area contributed by atoms with Crippen LogP contribution in [0.5, 0.6) is 0 Å². The van der Waals surface area contributed by atoms with Crippen LogP contribution in [0, 0.1) is 11.3 Å². The van der Waals surface area contributed by atoms with Gasteiger partial charge in [0.25, 0.3) is 0 Å². The Morgan fingerprint density at radius 1 is 1.50 bits per heavy atom. The quantitative estimate of drug-likeness (QED) is 0.285. The lowest BCUT2D eigenvalue weighted by Gasteiger charge is -1.95. The van der Waals surface area contributed by atoms with Crippen LogP contribution in [-0.4, -0.2) is 12.1 Å². The highest BCUT2D eigenvalue weighted by Gasteiger charge is 2.56. The highest BCUT2D eigenvalue weighted by atomic mass is 16.1. The number of nitrogens with zero attached hydrogens (tertiary/aromatic N) is 1. The average Bonchev–Trinajstić information content (AvgIpc) is 2.64. The first-order chi connectivity index (χ1) is 6.64. The van der Waals surface area contributed by atoms with Gasteiger partial charge in [-0.15, -0.1) is 0 Å². The summed E-state index contributed by atoms with van der Waals surface area (Å²) in [5, 5.41) is 0. The molecule has 0 spiro atoms. The predicted molar refractivity (Wildman–Crippen MR) is 57.8 cm³/mol. The van der Waals surface area contributed by atoms with E-state index in [4.69, 9.17) is 0 Å². The largest absolute Gasteiger partial charge is 0.235 e. The zero-order chi connectivity index (χ0) is 10.6. The van der Waals surface area contributed by atoms with Crippen molar-refractivity contribution < 1.29 is 4.79 Å². The maximum absolute atomic E-state index is 10.1. The lowest BCUT2D eigenvalue weighted by atomic mass is 10.1. The van der Waals surface area contributed by atoms with Gasteiger partial charge in [0.1, 0.15) is 0 Å². The molecule has 0 aromatic carbocycles. The van der Waals surface area contributed by atoms with Crippen LogP contribution in [0.15, 0.2) is 17.1 Å². The summed E-state index contributed by atoms with van der Waals surface area (Å²) in [6.45, 7) is 6.48. The lowest BCUT2D eigenvalue weighted by molar-refractivity contribution is 0.555. The van der Waals surface area contributed by atoms with E-state index in [1.165, 1.54) is 12.8 Å². The number of allylic oxidation sites excluding steroid dienone is 1. The fraction of sp³-hybridized carbons (Fsp3) is 0.750. The molecule has 0 bridgehead atoms. The highest BCUT2D eigenvalue weighted by molar-refractivity contribution is 5.37. The number of hydrogen-bond donors (Lipinski definition) is 0. The Kier molecular flexibility index (Phi) is 3.65. The molecule has 0 aromatic heterocycles. The van der Waals surface area contributed by atoms with Gasteiger partial charge in [0, 0.05) is 5.92 Å². The van der Waals surface area contributed by atoms with Gasteiger partial charge in [-0.1, -0.05) is 45.8 Å². The van der Waals surface area contributed by atoms with Gasteiger partial charge in [-0.3, -0.25) is 0 Å². The fourth-order valence-corrected chi connectivity index (χ4v) is 1.87. The number of hydrogen-bond acceptors (Lipinski definition) is 2. The van der Waals surface area contributed by atoms with Crippen molar-refractivity contribution >= 4 is 6.08 Å². The van der Waals surface area contributed by atoms with E-state index in [0.29, 0.717) is 5.92 Å². The molecule has 0 heterocycles. The molecule has 2 heteroatoms. The number of isocyanates is 1. The van der Waals surface area contributed by atoms with Crippen molar-refractivity contribution in [2.75, 3.05) is 0 Å². The second-order valence-corrected chi connectivity index (χ2v) is 4.58. The molecule has 14 heavy (non-hydrogen) atoms. The normalized spacial score (nSPS) is 28.8. The third kappa shape index (κ3) is 2.33. The van der Waals surface area contributed by atoms with Gasteiger partial charge in [-0.2, -0.15) is 0 Å². The SMILES string of the molecule is CCCC/C=C\[C@H]1[C@@H](N=C=O)C1(C)C. The van der Waals surface area contributed by atoms with Crippen LogP contribution in [0.25, 0.3) is 0 Å². The average molecular weight is 193 g/mol. The number of aliphatic imine (C=N–C) groups is 1. The van der Waals surface area contributed by atoms with Crippen molar-refractivity contribution in [1.29, 1.82) is 0 Å². The molecule has 0 aliphatic heterocycles. The van der Waals surface area contributed by atoms with E-state index in [-0.39, 0.29) is 11.5 Å². The van der Waals surface area contributed by atoms with Gasteiger partial charge < -0.3 is 0 Å². The van der Waals surface area contributed by atoms with Crippen LogP contribution in [0.2, 0.25) is 0 Å². The maximum atomic E-state index is 10.1. The van der Waals surface area contributed by atoms with E-state index < -0.39 is 0 Å². The molecule has 0 aromatic rings. The van der Waals surface area contributed by atoms with Crippen LogP contribution < -0.4 is 0 Å². The van der Waals surface area contributed by atoms with Crippen LogP contribution >= 0.6 is 0 Å². The third-order valence-electron chi connectivity index (χ3n) is 3.11. The van der Waals surface area contributed by atoms with E-state index >= 15 is 0 Å². The number of carbonyl (C=O) groups excluding carboxylic acids is 1. The van der Waals surface area contributed by atoms with Gasteiger partial charge in [-0.05, 0) is 11.8 Å². The first kappa shape index (κ1) is 11.2. The van der Waals surface area contributed by atoms with E-state index in [1.807, 2.05) is 0 Å². The molecule has 2 nitrogen and oxygen atoms in total. The van der Waals surface area contributed by atoms with Crippen molar-refractivity contribution in [3.8, 4) is 0 Å². The summed E-state index contributed by atoms with van der Waals surface area (Å²) in [5.74, 6) is 0.445. The van der Waals surface area contributed by atoms with Crippen LogP contribution in [0.4, 0.5) is 0 Å². The van der Waals surface area contributed by atoms with E-state index in [1.54, 1.807) is 6.08 Å². The second kappa shape index (κ2) is 4.56. The summed E-state index contributed by atoms with van der Waals surface area (Å²) < 4.78 is 0. The summed E-state index contributed by atoms with van der Waals surface area (Å²) >= 11 is 0. The summed E-state index contributed by atoms with van der Waals surface area (Å²) in [7, 11) is 0. The third-order valence-corrected chi connectivity index (χ3v) is 3.11. The van der Waals surface area contributed by atoms with Crippen LogP contribution in [0.1, 0.15) is 40.0 Å². The van der Waals surface area contributed by atoms with Gasteiger partial charge >= 0.3 is 0 Å². The molecule has 0 unspecified atom stereocenters. The van der Waals surface area contributed by atoms with Gasteiger partial charge in [0.05, 0.1) is 6.04 Å². The monoisotopic (exact) mass is 193 g/mol. The Morgan fingerprint density at radius 3 is 2.79 bits per heavy atom. The summed E-state index contributed by atoms with van der Waals surface area (Å²) in [6, 6.07) is 0.165. The first-order valence-corrected chi connectivity index (χ1v) is 5.38. The summed E-state index contributed by atoms with van der Waals surface area (Å²) in [5.41, 5.74) is 0.167. The minimum atomic E-state index is 0.165. The van der Waals surface area contributed by atoms with Gasteiger partial charge in [0.15, 0.2) is 0 Å². The van der Waals surface area contributed by atoms with Crippen LogP contribution in [-0.2, 0) is 4.79 Å². The van der Waals surface area contributed by atoms with E-state index in [2.05, 4.69) is 37.9 Å². The van der Waals surface area contributed by atoms with Crippen molar-refractivity contribution in [2.24, 2.45) is 16.3 Å². The second-order valence-electron chi connectivity index (χ2n) is 4.58. The Labute approximate surface area is 86.1 Å². The Hall–Kier alpha value is -0.880. The minimum absolute atomic E-state index is 0.165. The molecular weight excluding hydrogens is 174 g/mol. The van der Waals surface area contributed by atoms with Gasteiger partial charge in [-0.25, -0.2) is 9.79 Å². The number of rotatable bonds is 5. The molecule has 0 radical (unpaired) electrons. The molecule has 1 aliphatic rings. The van der Waals surface area contributed by atoms with Crippen molar-refractivity contribution in [3.05, 3.63) is 12.2 Å². The molecule has 1 rings (SSSR count). The first-order valence-electron chi connectivity index (χ1n) is 5.38. The van der Waals surface area contributed by atoms with E-state index in [9.17, 15) is 4.79 Å². The molecule has 0 N–H and O–H groups in total. The minimum Gasteiger partial charge on any atom is -0.211 e. The Morgan fingerprint density at radius 2 is 2.21 bits per heavy atom. The standard InChI is InChI=1S/C12H19NO/c1-4-5-6-7-8-10-11(13-9-14)12(10,2)3/h7-8,10-11H,4-6H2,1-3H3/b8-7-/t10-,11+/m0/s1. The summed E-state index contributed by atoms with van der Waals surface area (Å²) in [6.07, 6.45) is 9.70. The highest BCUT2D eigenvalue weighted by Crippen LogP contribution is 2.54. The van der Waals surface area contributed by atoms with Gasteiger partial charge in [0.2, 0.25) is 6.08 Å². The van der Waals surface area contributed by atoms with Crippen LogP contribution in [0.3, 0.4) is 0 Å². The van der Waals surface area contributed by atoms with Crippen molar-refractivity contribution in [1.82, 2.24) is 0 Å². The Balaban J connectivity index is 2.40. The topological polar surface area (TPSA) is 29.4 Å². The zero-order valence-electron chi connectivity index (χ0n) is 9.29. The maximum Gasteiger partial charge on any atom is 0.235 e. The van der Waals surface area contributed by atoms with Crippen molar-refractivity contribution in [2.45, 2.75) is 46.1 Å².